The van der Waals surface area contributed by atoms with Crippen molar-refractivity contribution in [3.05, 3.63) is 11.7 Å². The zero-order chi connectivity index (χ0) is 19.1. The van der Waals surface area contributed by atoms with Gasteiger partial charge in [-0.1, -0.05) is 30.8 Å². The van der Waals surface area contributed by atoms with Crippen molar-refractivity contribution in [1.29, 1.82) is 0 Å². The summed E-state index contributed by atoms with van der Waals surface area (Å²) in [6, 6.07) is 0. The average Bonchev–Trinajstić information content (AvgIpc) is 2.84. The maximum atomic E-state index is 12.4. The maximum Gasteiger partial charge on any atom is 0.227 e. The molecule has 2 fully saturated rings. The number of carbonyl (C=O) groups is 2. The van der Waals surface area contributed by atoms with Crippen molar-refractivity contribution in [2.75, 3.05) is 26.2 Å². The van der Waals surface area contributed by atoms with Gasteiger partial charge in [0.2, 0.25) is 17.7 Å². The largest absolute Gasteiger partial charge is 0.343 e. The van der Waals surface area contributed by atoms with Crippen LogP contribution in [0.15, 0.2) is 4.52 Å². The van der Waals surface area contributed by atoms with Gasteiger partial charge in [-0.15, -0.1) is 0 Å². The monoisotopic (exact) mass is 377 g/mol. The summed E-state index contributed by atoms with van der Waals surface area (Å²) in [6.45, 7) is 4.88. The quantitative estimate of drug-likeness (QED) is 0.755. The highest BCUT2D eigenvalue weighted by atomic mass is 16.5. The minimum atomic E-state index is -0.537. The van der Waals surface area contributed by atoms with E-state index in [0.29, 0.717) is 24.6 Å². The first-order chi connectivity index (χ1) is 13.1. The Kier molecular flexibility index (Phi) is 6.82. The van der Waals surface area contributed by atoms with Gasteiger partial charge in [-0.2, -0.15) is 4.98 Å². The topological polar surface area (TPSA) is 100 Å². The molecule has 2 aliphatic rings. The Bertz CT molecular complexity index is 629. The zero-order valence-electron chi connectivity index (χ0n) is 16.3. The number of carbonyl (C=O) groups excluding carboxylic acids is 2. The Morgan fingerprint density at radius 1 is 1.15 bits per heavy atom. The van der Waals surface area contributed by atoms with Gasteiger partial charge in [-0.25, -0.2) is 0 Å². The molecule has 0 atom stereocenters. The Hall–Kier alpha value is -1.96. The van der Waals surface area contributed by atoms with E-state index in [4.69, 9.17) is 4.52 Å². The Balaban J connectivity index is 1.63. The summed E-state index contributed by atoms with van der Waals surface area (Å²) < 4.78 is 5.43. The molecular weight excluding hydrogens is 346 g/mol. The fourth-order valence-corrected chi connectivity index (χ4v) is 4.09. The summed E-state index contributed by atoms with van der Waals surface area (Å²) >= 11 is 0. The first-order valence-electron chi connectivity index (χ1n) is 10.2. The predicted molar refractivity (Wildman–Crippen MR) is 99.9 cm³/mol. The van der Waals surface area contributed by atoms with Crippen LogP contribution in [0, 0.1) is 0 Å². The SMILES string of the molecule is CC(=O)NC1(c2noc(CCC(=O)N3CCCNCC3)n2)CCCCCC1. The van der Waals surface area contributed by atoms with Crippen LogP contribution < -0.4 is 10.6 Å². The fraction of sp³-hybridized carbons (Fsp3) is 0.789. The van der Waals surface area contributed by atoms with E-state index in [1.165, 1.54) is 6.92 Å². The predicted octanol–water partition coefficient (Wildman–Crippen LogP) is 1.51. The van der Waals surface area contributed by atoms with Gasteiger partial charge < -0.3 is 20.1 Å². The number of aromatic nitrogens is 2. The molecule has 0 spiro atoms. The second-order valence-electron chi connectivity index (χ2n) is 7.67. The van der Waals surface area contributed by atoms with Crippen LogP contribution in [-0.4, -0.2) is 53.0 Å². The lowest BCUT2D eigenvalue weighted by Gasteiger charge is -2.30. The van der Waals surface area contributed by atoms with Crippen molar-refractivity contribution in [1.82, 2.24) is 25.7 Å². The Morgan fingerprint density at radius 3 is 2.67 bits per heavy atom. The zero-order valence-corrected chi connectivity index (χ0v) is 16.3. The van der Waals surface area contributed by atoms with Crippen molar-refractivity contribution in [2.45, 2.75) is 70.3 Å². The number of hydrogen-bond acceptors (Lipinski definition) is 6. The number of nitrogens with zero attached hydrogens (tertiary/aromatic N) is 3. The second-order valence-corrected chi connectivity index (χ2v) is 7.67. The third kappa shape index (κ3) is 5.28. The smallest absolute Gasteiger partial charge is 0.227 e. The second kappa shape index (κ2) is 9.30. The van der Waals surface area contributed by atoms with Crippen molar-refractivity contribution in [3.8, 4) is 0 Å². The van der Waals surface area contributed by atoms with E-state index in [2.05, 4.69) is 20.8 Å². The summed E-state index contributed by atoms with van der Waals surface area (Å²) in [5.41, 5.74) is -0.537. The maximum absolute atomic E-state index is 12.4. The third-order valence-corrected chi connectivity index (χ3v) is 5.51. The van der Waals surface area contributed by atoms with Gasteiger partial charge in [0.15, 0.2) is 5.82 Å². The summed E-state index contributed by atoms with van der Waals surface area (Å²) in [7, 11) is 0. The summed E-state index contributed by atoms with van der Waals surface area (Å²) in [6.07, 6.45) is 7.82. The van der Waals surface area contributed by atoms with Crippen LogP contribution >= 0.6 is 0 Å². The molecule has 0 radical (unpaired) electrons. The van der Waals surface area contributed by atoms with Crippen LogP contribution in [0.4, 0.5) is 0 Å². The first kappa shape index (κ1) is 19.8. The van der Waals surface area contributed by atoms with E-state index in [1.807, 2.05) is 4.90 Å². The van der Waals surface area contributed by atoms with Crippen LogP contribution in [0.3, 0.4) is 0 Å². The van der Waals surface area contributed by atoms with Gasteiger partial charge >= 0.3 is 0 Å². The molecular formula is C19H31N5O3. The Labute approximate surface area is 160 Å². The van der Waals surface area contributed by atoms with Crippen LogP contribution in [0.25, 0.3) is 0 Å². The minimum Gasteiger partial charge on any atom is -0.343 e. The molecule has 0 aromatic carbocycles. The minimum absolute atomic E-state index is 0.0757. The Morgan fingerprint density at radius 2 is 1.93 bits per heavy atom. The molecule has 2 heterocycles. The van der Waals surface area contributed by atoms with E-state index in [-0.39, 0.29) is 11.8 Å². The highest BCUT2D eigenvalue weighted by Gasteiger charge is 2.38. The molecule has 1 aliphatic carbocycles. The molecule has 8 heteroatoms. The lowest BCUT2D eigenvalue weighted by Crippen LogP contribution is -2.45. The molecule has 8 nitrogen and oxygen atoms in total. The van der Waals surface area contributed by atoms with Gasteiger partial charge in [0.25, 0.3) is 0 Å². The van der Waals surface area contributed by atoms with Gasteiger partial charge in [-0.05, 0) is 25.8 Å². The molecule has 150 valence electrons. The number of amides is 2. The number of rotatable bonds is 5. The van der Waals surface area contributed by atoms with E-state index in [9.17, 15) is 9.59 Å². The van der Waals surface area contributed by atoms with E-state index in [0.717, 1.165) is 71.1 Å². The van der Waals surface area contributed by atoms with Crippen LogP contribution in [0.2, 0.25) is 0 Å². The summed E-state index contributed by atoms with van der Waals surface area (Å²) in [4.78, 5) is 30.7. The normalized spacial score (nSPS) is 20.6. The molecule has 1 saturated heterocycles. The number of nitrogens with one attached hydrogen (secondary N) is 2. The van der Waals surface area contributed by atoms with E-state index < -0.39 is 5.54 Å². The van der Waals surface area contributed by atoms with E-state index >= 15 is 0 Å². The average molecular weight is 377 g/mol. The van der Waals surface area contributed by atoms with Crippen molar-refractivity contribution >= 4 is 11.8 Å². The van der Waals surface area contributed by atoms with Gasteiger partial charge in [-0.3, -0.25) is 9.59 Å². The van der Waals surface area contributed by atoms with Crippen LogP contribution in [0.5, 0.6) is 0 Å². The molecule has 1 aromatic rings. The molecule has 27 heavy (non-hydrogen) atoms. The van der Waals surface area contributed by atoms with Crippen LogP contribution in [-0.2, 0) is 21.5 Å². The number of aryl methyl sites for hydroxylation is 1. The fourth-order valence-electron chi connectivity index (χ4n) is 4.09. The molecule has 3 rings (SSSR count). The van der Waals surface area contributed by atoms with Crippen molar-refractivity contribution in [2.24, 2.45) is 0 Å². The van der Waals surface area contributed by atoms with Crippen molar-refractivity contribution < 1.29 is 14.1 Å². The number of hydrogen-bond donors (Lipinski definition) is 2. The lowest BCUT2D eigenvalue weighted by molar-refractivity contribution is -0.131. The molecule has 2 amide bonds. The first-order valence-corrected chi connectivity index (χ1v) is 10.2. The highest BCUT2D eigenvalue weighted by molar-refractivity contribution is 5.76. The lowest BCUT2D eigenvalue weighted by atomic mass is 9.89. The van der Waals surface area contributed by atoms with Crippen LogP contribution in [0.1, 0.15) is 70.0 Å². The third-order valence-electron chi connectivity index (χ3n) is 5.51. The molecule has 0 bridgehead atoms. The summed E-state index contributed by atoms with van der Waals surface area (Å²) in [5.74, 6) is 1.08. The molecule has 1 aliphatic heterocycles. The molecule has 0 unspecified atom stereocenters. The van der Waals surface area contributed by atoms with Crippen molar-refractivity contribution in [3.63, 3.8) is 0 Å². The van der Waals surface area contributed by atoms with Gasteiger partial charge in [0.05, 0.1) is 0 Å². The molecule has 2 N–H and O–H groups in total. The van der Waals surface area contributed by atoms with E-state index in [1.54, 1.807) is 0 Å². The molecule has 1 saturated carbocycles. The summed E-state index contributed by atoms with van der Waals surface area (Å²) in [5, 5.41) is 10.6. The standard InChI is InChI=1S/C19H31N5O3/c1-15(25)22-19(9-4-2-3-5-10-19)18-21-16(27-23-18)7-8-17(26)24-13-6-11-20-12-14-24/h20H,2-14H2,1H3,(H,22,25). The van der Waals surface area contributed by atoms with Gasteiger partial charge in [0.1, 0.15) is 5.54 Å². The molecule has 1 aromatic heterocycles. The highest BCUT2D eigenvalue weighted by Crippen LogP contribution is 2.34. The van der Waals surface area contributed by atoms with Gasteiger partial charge in [0, 0.05) is 39.4 Å².